The Morgan fingerprint density at radius 1 is 1.56 bits per heavy atom. The second-order valence-corrected chi connectivity index (χ2v) is 4.64. The van der Waals surface area contributed by atoms with Gasteiger partial charge in [0, 0.05) is 18.3 Å². The number of benzene rings is 1. The topological polar surface area (TPSA) is 58.6 Å². The predicted octanol–water partition coefficient (Wildman–Crippen LogP) is 2.50. The van der Waals surface area contributed by atoms with E-state index in [2.05, 4.69) is 5.32 Å². The highest BCUT2D eigenvalue weighted by Crippen LogP contribution is 2.41. The summed E-state index contributed by atoms with van der Waals surface area (Å²) in [7, 11) is 1.40. The molecule has 0 spiro atoms. The smallest absolute Gasteiger partial charge is 0.311 e. The number of methoxy groups -OCH3 is 1. The van der Waals surface area contributed by atoms with Crippen molar-refractivity contribution in [2.24, 2.45) is 5.41 Å². The molecular formula is C13H16FNO3. The monoisotopic (exact) mass is 253 g/mol. The Labute approximate surface area is 105 Å². The fraction of sp³-hybridized carbons (Fsp3) is 0.462. The Hall–Kier alpha value is -1.78. The fourth-order valence-corrected chi connectivity index (χ4v) is 2.12. The van der Waals surface area contributed by atoms with Gasteiger partial charge in [-0.1, -0.05) is 6.42 Å². The van der Waals surface area contributed by atoms with Gasteiger partial charge in [-0.2, -0.15) is 0 Å². The molecule has 1 aliphatic carbocycles. The summed E-state index contributed by atoms with van der Waals surface area (Å²) in [6, 6.07) is 4.51. The molecule has 0 atom stereocenters. The van der Waals surface area contributed by atoms with E-state index in [1.165, 1.54) is 19.2 Å². The molecule has 98 valence electrons. The van der Waals surface area contributed by atoms with Crippen LogP contribution in [-0.2, 0) is 4.79 Å². The number of rotatable bonds is 5. The van der Waals surface area contributed by atoms with Crippen molar-refractivity contribution in [3.63, 3.8) is 0 Å². The number of carbonyl (C=O) groups is 1. The van der Waals surface area contributed by atoms with Crippen LogP contribution in [-0.4, -0.2) is 24.7 Å². The zero-order valence-electron chi connectivity index (χ0n) is 10.2. The number of ether oxygens (including phenoxy) is 1. The van der Waals surface area contributed by atoms with Crippen LogP contribution in [0.4, 0.5) is 10.1 Å². The van der Waals surface area contributed by atoms with Crippen molar-refractivity contribution in [2.75, 3.05) is 19.0 Å². The van der Waals surface area contributed by atoms with Crippen molar-refractivity contribution in [1.29, 1.82) is 0 Å². The number of hydrogen-bond donors (Lipinski definition) is 2. The van der Waals surface area contributed by atoms with Crippen LogP contribution in [0.15, 0.2) is 18.2 Å². The second-order valence-electron chi connectivity index (χ2n) is 4.64. The van der Waals surface area contributed by atoms with Crippen LogP contribution in [0.25, 0.3) is 0 Å². The van der Waals surface area contributed by atoms with E-state index in [-0.39, 0.29) is 5.75 Å². The molecule has 1 fully saturated rings. The molecule has 0 heterocycles. The molecule has 0 aromatic heterocycles. The van der Waals surface area contributed by atoms with Crippen LogP contribution in [0.5, 0.6) is 5.75 Å². The van der Waals surface area contributed by atoms with Crippen LogP contribution in [0.3, 0.4) is 0 Å². The van der Waals surface area contributed by atoms with E-state index in [0.717, 1.165) is 6.42 Å². The summed E-state index contributed by atoms with van der Waals surface area (Å²) in [6.45, 7) is 0.327. The number of aliphatic carboxylic acids is 1. The van der Waals surface area contributed by atoms with Crippen molar-refractivity contribution >= 4 is 11.7 Å². The highest BCUT2D eigenvalue weighted by molar-refractivity contribution is 5.76. The van der Waals surface area contributed by atoms with Crippen molar-refractivity contribution in [2.45, 2.75) is 19.3 Å². The summed E-state index contributed by atoms with van der Waals surface area (Å²) in [5.74, 6) is -1.06. The van der Waals surface area contributed by atoms with Crippen molar-refractivity contribution in [1.82, 2.24) is 0 Å². The van der Waals surface area contributed by atoms with Gasteiger partial charge in [0.15, 0.2) is 11.6 Å². The van der Waals surface area contributed by atoms with E-state index in [4.69, 9.17) is 9.84 Å². The van der Waals surface area contributed by atoms with E-state index in [9.17, 15) is 9.18 Å². The summed E-state index contributed by atoms with van der Waals surface area (Å²) in [5, 5.41) is 12.1. The van der Waals surface area contributed by atoms with Gasteiger partial charge in [0.2, 0.25) is 0 Å². The van der Waals surface area contributed by atoms with Crippen LogP contribution < -0.4 is 10.1 Å². The van der Waals surface area contributed by atoms with Gasteiger partial charge >= 0.3 is 5.97 Å². The Morgan fingerprint density at radius 2 is 2.28 bits per heavy atom. The molecule has 2 rings (SSSR count). The molecule has 4 nitrogen and oxygen atoms in total. The van der Waals surface area contributed by atoms with Crippen LogP contribution in [0.2, 0.25) is 0 Å². The zero-order chi connectivity index (χ0) is 13.2. The Bertz CT molecular complexity index is 458. The SMILES string of the molecule is COc1ccc(NCC2(C(=O)O)CCC2)cc1F. The van der Waals surface area contributed by atoms with Gasteiger partial charge in [-0.3, -0.25) is 4.79 Å². The number of nitrogens with one attached hydrogen (secondary N) is 1. The highest BCUT2D eigenvalue weighted by Gasteiger charge is 2.44. The summed E-state index contributed by atoms with van der Waals surface area (Å²) >= 11 is 0. The number of carboxylic acids is 1. The summed E-state index contributed by atoms with van der Waals surface area (Å²) in [5.41, 5.74) is -0.114. The standard InChI is InChI=1S/C13H16FNO3/c1-18-11-4-3-9(7-10(11)14)15-8-13(12(16)17)5-2-6-13/h3-4,7,15H,2,5-6,8H2,1H3,(H,16,17). The normalized spacial score (nSPS) is 16.8. The number of hydrogen-bond acceptors (Lipinski definition) is 3. The third-order valence-electron chi connectivity index (χ3n) is 3.55. The minimum absolute atomic E-state index is 0.178. The molecule has 0 amide bonds. The lowest BCUT2D eigenvalue weighted by molar-refractivity contribution is -0.153. The number of halogens is 1. The van der Waals surface area contributed by atoms with Crippen LogP contribution >= 0.6 is 0 Å². The first-order chi connectivity index (χ1) is 8.57. The average Bonchev–Trinajstić information content (AvgIpc) is 2.27. The van der Waals surface area contributed by atoms with E-state index in [1.807, 2.05) is 0 Å². The van der Waals surface area contributed by atoms with Gasteiger partial charge in [0.1, 0.15) is 0 Å². The van der Waals surface area contributed by atoms with Gasteiger partial charge in [-0.05, 0) is 25.0 Å². The minimum Gasteiger partial charge on any atom is -0.494 e. The van der Waals surface area contributed by atoms with Crippen molar-refractivity contribution < 1.29 is 19.0 Å². The van der Waals surface area contributed by atoms with E-state index >= 15 is 0 Å². The first-order valence-corrected chi connectivity index (χ1v) is 5.88. The summed E-state index contributed by atoms with van der Waals surface area (Å²) in [4.78, 5) is 11.2. The van der Waals surface area contributed by atoms with Crippen molar-refractivity contribution in [3.05, 3.63) is 24.0 Å². The van der Waals surface area contributed by atoms with Crippen LogP contribution in [0, 0.1) is 11.2 Å². The van der Waals surface area contributed by atoms with Gasteiger partial charge in [0.05, 0.1) is 12.5 Å². The van der Waals surface area contributed by atoms with Crippen LogP contribution in [0.1, 0.15) is 19.3 Å². The Morgan fingerprint density at radius 3 is 2.72 bits per heavy atom. The average molecular weight is 253 g/mol. The lowest BCUT2D eigenvalue weighted by Gasteiger charge is -2.37. The molecule has 0 saturated heterocycles. The Balaban J connectivity index is 2.02. The molecule has 18 heavy (non-hydrogen) atoms. The predicted molar refractivity (Wildman–Crippen MR) is 65.4 cm³/mol. The van der Waals surface area contributed by atoms with Gasteiger partial charge in [0.25, 0.3) is 0 Å². The molecule has 1 saturated carbocycles. The number of carboxylic acid groups (broad SMARTS) is 1. The minimum atomic E-state index is -0.782. The molecule has 1 aliphatic rings. The summed E-state index contributed by atoms with van der Waals surface area (Å²) < 4.78 is 18.3. The van der Waals surface area contributed by atoms with Gasteiger partial charge in [-0.25, -0.2) is 4.39 Å². The number of anilines is 1. The Kier molecular flexibility index (Phi) is 3.41. The maximum atomic E-state index is 13.4. The van der Waals surface area contributed by atoms with Crippen molar-refractivity contribution in [3.8, 4) is 5.75 Å². The van der Waals surface area contributed by atoms with Gasteiger partial charge in [-0.15, -0.1) is 0 Å². The maximum Gasteiger partial charge on any atom is 0.311 e. The molecule has 0 radical (unpaired) electrons. The summed E-state index contributed by atoms with van der Waals surface area (Å²) in [6.07, 6.45) is 2.28. The largest absolute Gasteiger partial charge is 0.494 e. The molecule has 5 heteroatoms. The molecule has 1 aromatic carbocycles. The third kappa shape index (κ3) is 2.25. The molecular weight excluding hydrogens is 237 g/mol. The second kappa shape index (κ2) is 4.84. The maximum absolute atomic E-state index is 13.4. The van der Waals surface area contributed by atoms with E-state index < -0.39 is 17.2 Å². The lowest BCUT2D eigenvalue weighted by atomic mass is 9.69. The molecule has 0 unspecified atom stereocenters. The lowest BCUT2D eigenvalue weighted by Crippen LogP contribution is -2.43. The van der Waals surface area contributed by atoms with E-state index in [1.54, 1.807) is 6.07 Å². The molecule has 0 bridgehead atoms. The quantitative estimate of drug-likeness (QED) is 0.846. The molecule has 1 aromatic rings. The molecule has 0 aliphatic heterocycles. The van der Waals surface area contributed by atoms with Gasteiger partial charge < -0.3 is 15.2 Å². The first kappa shape index (κ1) is 12.7. The zero-order valence-corrected chi connectivity index (χ0v) is 10.2. The third-order valence-corrected chi connectivity index (χ3v) is 3.55. The molecule has 2 N–H and O–H groups in total. The first-order valence-electron chi connectivity index (χ1n) is 5.88. The van der Waals surface area contributed by atoms with E-state index in [0.29, 0.717) is 25.1 Å². The highest BCUT2D eigenvalue weighted by atomic mass is 19.1. The fourth-order valence-electron chi connectivity index (χ4n) is 2.12.